The number of rotatable bonds is 3. The Hall–Kier alpha value is -1.64. The number of thiophene rings is 1. The summed E-state index contributed by atoms with van der Waals surface area (Å²) in [6.07, 6.45) is 0.897. The highest BCUT2D eigenvalue weighted by Gasteiger charge is 2.13. The van der Waals surface area contributed by atoms with Gasteiger partial charge in [-0.1, -0.05) is 36.4 Å². The summed E-state index contributed by atoms with van der Waals surface area (Å²) in [6.45, 7) is 4.31. The van der Waals surface area contributed by atoms with E-state index in [1.165, 1.54) is 32.3 Å². The predicted molar refractivity (Wildman–Crippen MR) is 88.4 cm³/mol. The SMILES string of the molecule is Cc1cccc(C(N)Cc2csc3ccccc23)c1C. The summed E-state index contributed by atoms with van der Waals surface area (Å²) in [4.78, 5) is 0. The molecule has 2 N–H and O–H groups in total. The largest absolute Gasteiger partial charge is 0.324 e. The van der Waals surface area contributed by atoms with Crippen molar-refractivity contribution in [3.8, 4) is 0 Å². The molecule has 0 amide bonds. The van der Waals surface area contributed by atoms with Gasteiger partial charge < -0.3 is 5.73 Å². The molecular weight excluding hydrogens is 262 g/mol. The Labute approximate surface area is 124 Å². The first-order valence-corrected chi connectivity index (χ1v) is 7.81. The molecule has 2 aromatic carbocycles. The van der Waals surface area contributed by atoms with Crippen LogP contribution in [0.3, 0.4) is 0 Å². The lowest BCUT2D eigenvalue weighted by Crippen LogP contribution is -2.14. The van der Waals surface area contributed by atoms with Crippen molar-refractivity contribution >= 4 is 21.4 Å². The van der Waals surface area contributed by atoms with Crippen molar-refractivity contribution in [2.75, 3.05) is 0 Å². The zero-order valence-corrected chi connectivity index (χ0v) is 12.7. The first-order valence-electron chi connectivity index (χ1n) is 6.93. The van der Waals surface area contributed by atoms with Gasteiger partial charge in [0.2, 0.25) is 0 Å². The summed E-state index contributed by atoms with van der Waals surface area (Å²) < 4.78 is 1.34. The van der Waals surface area contributed by atoms with Crippen LogP contribution in [0, 0.1) is 13.8 Å². The molecule has 0 aliphatic rings. The molecular formula is C18H19NS. The van der Waals surface area contributed by atoms with Crippen LogP contribution in [0.1, 0.15) is 28.3 Å². The molecule has 3 rings (SSSR count). The van der Waals surface area contributed by atoms with E-state index in [2.05, 4.69) is 61.7 Å². The maximum absolute atomic E-state index is 6.45. The first kappa shape index (κ1) is 13.3. The molecule has 102 valence electrons. The van der Waals surface area contributed by atoms with Crippen molar-refractivity contribution in [3.63, 3.8) is 0 Å². The van der Waals surface area contributed by atoms with E-state index >= 15 is 0 Å². The van der Waals surface area contributed by atoms with Crippen molar-refractivity contribution in [3.05, 3.63) is 70.1 Å². The van der Waals surface area contributed by atoms with Crippen molar-refractivity contribution in [1.29, 1.82) is 0 Å². The molecule has 1 heterocycles. The second kappa shape index (κ2) is 5.39. The lowest BCUT2D eigenvalue weighted by Gasteiger charge is -2.16. The normalized spacial score (nSPS) is 12.8. The second-order valence-electron chi connectivity index (χ2n) is 5.36. The van der Waals surface area contributed by atoms with E-state index in [1.807, 2.05) is 0 Å². The summed E-state index contributed by atoms with van der Waals surface area (Å²) in [7, 11) is 0. The van der Waals surface area contributed by atoms with Crippen LogP contribution >= 0.6 is 11.3 Å². The van der Waals surface area contributed by atoms with E-state index in [4.69, 9.17) is 5.73 Å². The van der Waals surface area contributed by atoms with Gasteiger partial charge in [-0.2, -0.15) is 0 Å². The van der Waals surface area contributed by atoms with E-state index < -0.39 is 0 Å². The van der Waals surface area contributed by atoms with Gasteiger partial charge in [0, 0.05) is 10.7 Å². The summed E-state index contributed by atoms with van der Waals surface area (Å²) >= 11 is 1.80. The Morgan fingerprint density at radius 1 is 1.05 bits per heavy atom. The molecule has 20 heavy (non-hydrogen) atoms. The molecule has 0 aliphatic heterocycles. The zero-order valence-electron chi connectivity index (χ0n) is 11.9. The Balaban J connectivity index is 1.92. The number of hydrogen-bond acceptors (Lipinski definition) is 2. The summed E-state index contributed by atoms with van der Waals surface area (Å²) in [5.41, 5.74) is 11.7. The number of hydrogen-bond donors (Lipinski definition) is 1. The van der Waals surface area contributed by atoms with E-state index in [0.29, 0.717) is 0 Å². The fraction of sp³-hybridized carbons (Fsp3) is 0.222. The lowest BCUT2D eigenvalue weighted by atomic mass is 9.93. The number of aryl methyl sites for hydroxylation is 1. The lowest BCUT2D eigenvalue weighted by molar-refractivity contribution is 0.720. The van der Waals surface area contributed by atoms with Gasteiger partial charge in [0.1, 0.15) is 0 Å². The van der Waals surface area contributed by atoms with Gasteiger partial charge in [0.05, 0.1) is 0 Å². The minimum atomic E-state index is 0.0629. The number of nitrogens with two attached hydrogens (primary N) is 1. The van der Waals surface area contributed by atoms with Crippen molar-refractivity contribution in [1.82, 2.24) is 0 Å². The van der Waals surface area contributed by atoms with Crippen LogP contribution < -0.4 is 5.73 Å². The van der Waals surface area contributed by atoms with E-state index in [0.717, 1.165) is 6.42 Å². The monoisotopic (exact) mass is 281 g/mol. The van der Waals surface area contributed by atoms with Crippen molar-refractivity contribution in [2.45, 2.75) is 26.3 Å². The third kappa shape index (κ3) is 2.37. The van der Waals surface area contributed by atoms with Crippen LogP contribution in [0.15, 0.2) is 47.8 Å². The van der Waals surface area contributed by atoms with Crippen LogP contribution in [0.5, 0.6) is 0 Å². The molecule has 1 nitrogen and oxygen atoms in total. The average molecular weight is 281 g/mol. The summed E-state index contributed by atoms with van der Waals surface area (Å²) in [5.74, 6) is 0. The molecule has 0 aliphatic carbocycles. The molecule has 1 atom stereocenters. The topological polar surface area (TPSA) is 26.0 Å². The maximum Gasteiger partial charge on any atom is 0.0345 e. The molecule has 1 unspecified atom stereocenters. The van der Waals surface area contributed by atoms with Gasteiger partial charge in [-0.3, -0.25) is 0 Å². The fourth-order valence-corrected chi connectivity index (χ4v) is 3.69. The number of benzene rings is 2. The van der Waals surface area contributed by atoms with Crippen LogP contribution in [0.25, 0.3) is 10.1 Å². The van der Waals surface area contributed by atoms with Gasteiger partial charge in [0.15, 0.2) is 0 Å². The average Bonchev–Trinajstić information content (AvgIpc) is 2.85. The van der Waals surface area contributed by atoms with E-state index in [9.17, 15) is 0 Å². The third-order valence-electron chi connectivity index (χ3n) is 4.05. The van der Waals surface area contributed by atoms with Crippen LogP contribution in [-0.2, 0) is 6.42 Å². The maximum atomic E-state index is 6.45. The van der Waals surface area contributed by atoms with Gasteiger partial charge >= 0.3 is 0 Å². The molecule has 2 heteroatoms. The molecule has 0 bridgehead atoms. The van der Waals surface area contributed by atoms with Crippen LogP contribution in [0.2, 0.25) is 0 Å². The van der Waals surface area contributed by atoms with Gasteiger partial charge in [0.25, 0.3) is 0 Å². The second-order valence-corrected chi connectivity index (χ2v) is 6.27. The van der Waals surface area contributed by atoms with Gasteiger partial charge in [-0.25, -0.2) is 0 Å². The summed E-state index contributed by atoms with van der Waals surface area (Å²) in [6, 6.07) is 15.0. The standard InChI is InChI=1S/C18H19NS/c1-12-6-5-8-15(13(12)2)17(19)10-14-11-20-18-9-4-3-7-16(14)18/h3-9,11,17H,10,19H2,1-2H3. The summed E-state index contributed by atoms with van der Waals surface area (Å²) in [5, 5.41) is 3.59. The van der Waals surface area contributed by atoms with Crippen molar-refractivity contribution in [2.24, 2.45) is 5.73 Å². The predicted octanol–water partition coefficient (Wildman–Crippen LogP) is 4.76. The Bertz CT molecular complexity index is 742. The fourth-order valence-electron chi connectivity index (χ4n) is 2.71. The Morgan fingerprint density at radius 2 is 1.85 bits per heavy atom. The van der Waals surface area contributed by atoms with E-state index in [-0.39, 0.29) is 6.04 Å². The van der Waals surface area contributed by atoms with Crippen LogP contribution in [-0.4, -0.2) is 0 Å². The highest BCUT2D eigenvalue weighted by atomic mass is 32.1. The quantitative estimate of drug-likeness (QED) is 0.736. The number of fused-ring (bicyclic) bond motifs is 1. The highest BCUT2D eigenvalue weighted by molar-refractivity contribution is 7.17. The Kier molecular flexibility index (Phi) is 3.60. The third-order valence-corrected chi connectivity index (χ3v) is 5.06. The minimum absolute atomic E-state index is 0.0629. The van der Waals surface area contributed by atoms with E-state index in [1.54, 1.807) is 11.3 Å². The highest BCUT2D eigenvalue weighted by Crippen LogP contribution is 2.29. The molecule has 3 aromatic rings. The molecule has 0 spiro atoms. The molecule has 0 saturated heterocycles. The molecule has 1 aromatic heterocycles. The molecule has 0 fully saturated rings. The van der Waals surface area contributed by atoms with Crippen molar-refractivity contribution < 1.29 is 0 Å². The van der Waals surface area contributed by atoms with Gasteiger partial charge in [-0.05, 0) is 59.4 Å². The molecule has 0 saturated carbocycles. The minimum Gasteiger partial charge on any atom is -0.324 e. The first-order chi connectivity index (χ1) is 9.66. The molecule has 0 radical (unpaired) electrons. The van der Waals surface area contributed by atoms with Crippen LogP contribution in [0.4, 0.5) is 0 Å². The Morgan fingerprint density at radius 3 is 2.70 bits per heavy atom. The van der Waals surface area contributed by atoms with Gasteiger partial charge in [-0.15, -0.1) is 11.3 Å². The zero-order chi connectivity index (χ0) is 14.1. The smallest absolute Gasteiger partial charge is 0.0345 e.